The van der Waals surface area contributed by atoms with Gasteiger partial charge in [-0.05, 0) is 70.4 Å². The minimum Gasteiger partial charge on any atom is -0.353 e. The second-order valence-corrected chi connectivity index (χ2v) is 9.40. The Hall–Kier alpha value is -1.78. The zero-order valence-electron chi connectivity index (χ0n) is 16.6. The molecule has 3 rings (SSSR count). The molecule has 1 atom stereocenters. The quantitative estimate of drug-likeness (QED) is 0.790. The third-order valence-electron chi connectivity index (χ3n) is 5.18. The van der Waals surface area contributed by atoms with Gasteiger partial charge in [-0.25, -0.2) is 0 Å². The summed E-state index contributed by atoms with van der Waals surface area (Å²) in [6, 6.07) is 11.9. The van der Waals surface area contributed by atoms with Crippen LogP contribution in [0.2, 0.25) is 5.02 Å². The molecule has 0 bridgehead atoms. The van der Waals surface area contributed by atoms with Crippen LogP contribution in [0.1, 0.15) is 58.6 Å². The van der Waals surface area contributed by atoms with E-state index in [4.69, 9.17) is 11.6 Å². The van der Waals surface area contributed by atoms with Gasteiger partial charge in [0.05, 0.1) is 12.5 Å². The third kappa shape index (κ3) is 5.36. The van der Waals surface area contributed by atoms with Crippen molar-refractivity contribution < 1.29 is 4.79 Å². The van der Waals surface area contributed by atoms with Crippen LogP contribution >= 0.6 is 11.6 Å². The highest BCUT2D eigenvalue weighted by Crippen LogP contribution is 2.29. The van der Waals surface area contributed by atoms with Crippen LogP contribution < -0.4 is 10.6 Å². The standard InChI is InChI=1S/C22H30ClN3O/c1-21(2)14-18(15-22(3,4)25-21)24-20(27)13-19(26-11-5-6-12-26)16-7-9-17(23)10-8-16/h5-12,18-19,25H,13-15H2,1-4H3,(H,24,27)/t19-/m0/s1. The van der Waals surface area contributed by atoms with Crippen molar-refractivity contribution in [2.45, 2.75) is 70.1 Å². The lowest BCUT2D eigenvalue weighted by Crippen LogP contribution is -2.62. The summed E-state index contributed by atoms with van der Waals surface area (Å²) < 4.78 is 2.08. The summed E-state index contributed by atoms with van der Waals surface area (Å²) in [6.45, 7) is 8.79. The summed E-state index contributed by atoms with van der Waals surface area (Å²) in [5, 5.41) is 7.65. The number of hydrogen-bond donors (Lipinski definition) is 2. The molecule has 0 spiro atoms. The molecule has 1 aliphatic rings. The second kappa shape index (κ2) is 7.69. The average molecular weight is 388 g/mol. The van der Waals surface area contributed by atoms with Crippen molar-refractivity contribution in [2.75, 3.05) is 0 Å². The highest BCUT2D eigenvalue weighted by atomic mass is 35.5. The lowest BCUT2D eigenvalue weighted by Gasteiger charge is -2.46. The van der Waals surface area contributed by atoms with Crippen molar-refractivity contribution in [2.24, 2.45) is 0 Å². The molecule has 1 fully saturated rings. The molecule has 4 nitrogen and oxygen atoms in total. The first-order chi connectivity index (χ1) is 12.6. The van der Waals surface area contributed by atoms with E-state index in [1.807, 2.05) is 48.8 Å². The van der Waals surface area contributed by atoms with Gasteiger partial charge in [0.2, 0.25) is 5.91 Å². The van der Waals surface area contributed by atoms with Crippen molar-refractivity contribution in [3.63, 3.8) is 0 Å². The topological polar surface area (TPSA) is 46.1 Å². The van der Waals surface area contributed by atoms with Crippen molar-refractivity contribution in [1.82, 2.24) is 15.2 Å². The Bertz CT molecular complexity index is 749. The predicted molar refractivity (Wildman–Crippen MR) is 111 cm³/mol. The Morgan fingerprint density at radius 3 is 2.26 bits per heavy atom. The zero-order valence-corrected chi connectivity index (χ0v) is 17.4. The van der Waals surface area contributed by atoms with Crippen LogP contribution in [0.4, 0.5) is 0 Å². The Balaban J connectivity index is 1.72. The van der Waals surface area contributed by atoms with Crippen LogP contribution in [-0.4, -0.2) is 27.6 Å². The Morgan fingerprint density at radius 1 is 1.15 bits per heavy atom. The van der Waals surface area contributed by atoms with Gasteiger partial charge in [0.25, 0.3) is 0 Å². The first-order valence-electron chi connectivity index (χ1n) is 9.60. The fourth-order valence-electron chi connectivity index (χ4n) is 4.52. The zero-order chi connectivity index (χ0) is 19.7. The van der Waals surface area contributed by atoms with E-state index in [1.54, 1.807) is 0 Å². The Labute approximate surface area is 167 Å². The van der Waals surface area contributed by atoms with E-state index in [0.717, 1.165) is 18.4 Å². The summed E-state index contributed by atoms with van der Waals surface area (Å²) in [5.74, 6) is 0.0853. The van der Waals surface area contributed by atoms with E-state index in [9.17, 15) is 4.79 Å². The van der Waals surface area contributed by atoms with Crippen molar-refractivity contribution in [1.29, 1.82) is 0 Å². The van der Waals surface area contributed by atoms with Gasteiger partial charge in [-0.3, -0.25) is 4.79 Å². The minimum atomic E-state index is -0.0417. The van der Waals surface area contributed by atoms with E-state index in [1.165, 1.54) is 0 Å². The van der Waals surface area contributed by atoms with E-state index < -0.39 is 0 Å². The monoisotopic (exact) mass is 387 g/mol. The molecule has 146 valence electrons. The third-order valence-corrected chi connectivity index (χ3v) is 5.43. The minimum absolute atomic E-state index is 0.00963. The lowest BCUT2D eigenvalue weighted by molar-refractivity contribution is -0.122. The van der Waals surface area contributed by atoms with Crippen LogP contribution in [-0.2, 0) is 4.79 Å². The van der Waals surface area contributed by atoms with Gasteiger partial charge in [-0.1, -0.05) is 23.7 Å². The largest absolute Gasteiger partial charge is 0.353 e. The summed E-state index contributed by atoms with van der Waals surface area (Å²) in [7, 11) is 0. The van der Waals surface area contributed by atoms with Crippen molar-refractivity contribution in [3.8, 4) is 0 Å². The van der Waals surface area contributed by atoms with Crippen LogP contribution in [0.25, 0.3) is 0 Å². The van der Waals surface area contributed by atoms with Gasteiger partial charge in [-0.2, -0.15) is 0 Å². The van der Waals surface area contributed by atoms with E-state index in [-0.39, 0.29) is 29.1 Å². The number of piperidine rings is 1. The fourth-order valence-corrected chi connectivity index (χ4v) is 4.65. The van der Waals surface area contributed by atoms with Crippen molar-refractivity contribution >= 4 is 17.5 Å². The molecule has 2 N–H and O–H groups in total. The second-order valence-electron chi connectivity index (χ2n) is 8.97. The fraction of sp³-hybridized carbons (Fsp3) is 0.500. The number of aromatic nitrogens is 1. The van der Waals surface area contributed by atoms with Crippen LogP contribution in [0, 0.1) is 0 Å². The maximum Gasteiger partial charge on any atom is 0.222 e. The van der Waals surface area contributed by atoms with Gasteiger partial charge >= 0.3 is 0 Å². The van der Waals surface area contributed by atoms with E-state index in [0.29, 0.717) is 11.4 Å². The SMILES string of the molecule is CC1(C)CC(NC(=O)C[C@@H](c2ccc(Cl)cc2)n2cccc2)CC(C)(C)N1. The smallest absolute Gasteiger partial charge is 0.222 e. The number of nitrogens with one attached hydrogen (secondary N) is 2. The maximum absolute atomic E-state index is 12.9. The van der Waals surface area contributed by atoms with Gasteiger partial charge in [0.1, 0.15) is 0 Å². The summed E-state index contributed by atoms with van der Waals surface area (Å²) in [4.78, 5) is 12.9. The highest BCUT2D eigenvalue weighted by molar-refractivity contribution is 6.30. The number of nitrogens with zero attached hydrogens (tertiary/aromatic N) is 1. The Kier molecular flexibility index (Phi) is 5.68. The lowest BCUT2D eigenvalue weighted by atomic mass is 9.79. The molecule has 1 aromatic carbocycles. The van der Waals surface area contributed by atoms with E-state index in [2.05, 4.69) is 42.9 Å². The number of amides is 1. The molecule has 27 heavy (non-hydrogen) atoms. The van der Waals surface area contributed by atoms with Crippen LogP contribution in [0.15, 0.2) is 48.8 Å². The molecule has 2 aromatic rings. The average Bonchev–Trinajstić information content (AvgIpc) is 3.04. The van der Waals surface area contributed by atoms with Crippen LogP contribution in [0.5, 0.6) is 0 Å². The summed E-state index contributed by atoms with van der Waals surface area (Å²) in [5.41, 5.74) is 1.10. The number of carbonyl (C=O) groups excluding carboxylic acids is 1. The molecule has 0 unspecified atom stereocenters. The number of halogens is 1. The molecule has 1 aliphatic heterocycles. The normalized spacial score (nSPS) is 20.2. The van der Waals surface area contributed by atoms with Gasteiger partial charge in [0, 0.05) is 34.5 Å². The molecule has 0 aliphatic carbocycles. The molecule has 1 aromatic heterocycles. The predicted octanol–water partition coefficient (Wildman–Crippen LogP) is 4.55. The highest BCUT2D eigenvalue weighted by Gasteiger charge is 2.38. The summed E-state index contributed by atoms with van der Waals surface area (Å²) in [6.07, 6.45) is 6.27. The molecule has 0 saturated carbocycles. The van der Waals surface area contributed by atoms with Crippen molar-refractivity contribution in [3.05, 3.63) is 59.4 Å². The van der Waals surface area contributed by atoms with Gasteiger partial charge < -0.3 is 15.2 Å². The number of hydrogen-bond acceptors (Lipinski definition) is 2. The summed E-state index contributed by atoms with van der Waals surface area (Å²) >= 11 is 6.04. The molecule has 2 heterocycles. The molecular weight excluding hydrogens is 358 g/mol. The number of benzene rings is 1. The molecule has 5 heteroatoms. The van der Waals surface area contributed by atoms with Gasteiger partial charge in [0.15, 0.2) is 0 Å². The molecule has 0 radical (unpaired) electrons. The molecule has 1 amide bonds. The first kappa shape index (κ1) is 20.0. The number of rotatable bonds is 5. The maximum atomic E-state index is 12.9. The molecule has 1 saturated heterocycles. The first-order valence-corrected chi connectivity index (χ1v) is 9.98. The Morgan fingerprint density at radius 2 is 1.70 bits per heavy atom. The molecular formula is C22H30ClN3O. The van der Waals surface area contributed by atoms with Crippen LogP contribution in [0.3, 0.4) is 0 Å². The number of carbonyl (C=O) groups is 1. The van der Waals surface area contributed by atoms with Gasteiger partial charge in [-0.15, -0.1) is 0 Å². The van der Waals surface area contributed by atoms with E-state index >= 15 is 0 Å².